The fourth-order valence-corrected chi connectivity index (χ4v) is 2.88. The smallest absolute Gasteiger partial charge is 0.402 e. The van der Waals surface area contributed by atoms with Gasteiger partial charge >= 0.3 is 12.5 Å². The molecule has 0 spiro atoms. The third-order valence-corrected chi connectivity index (χ3v) is 3.62. The van der Waals surface area contributed by atoms with Crippen LogP contribution in [0.2, 0.25) is 0 Å². The third kappa shape index (κ3) is 4.51. The Morgan fingerprint density at radius 3 is 2.05 bits per heavy atom. The minimum absolute atomic E-state index is 0.355. The van der Waals surface area contributed by atoms with Crippen LogP contribution in [0.3, 0.4) is 0 Å². The van der Waals surface area contributed by atoms with Crippen molar-refractivity contribution in [3.63, 3.8) is 0 Å². The van der Waals surface area contributed by atoms with E-state index in [1.807, 2.05) is 0 Å². The van der Waals surface area contributed by atoms with Gasteiger partial charge in [-0.15, -0.1) is 24.8 Å². The van der Waals surface area contributed by atoms with Crippen molar-refractivity contribution < 1.29 is 39.5 Å². The quantitative estimate of drug-likeness (QED) is 0.458. The number of aromatic nitrogens is 1. The van der Waals surface area contributed by atoms with Crippen LogP contribution in [-0.2, 0) is 21.1 Å². The van der Waals surface area contributed by atoms with Crippen LogP contribution in [0.4, 0.5) is 26.3 Å². The minimum atomic E-state index is -5.59. The normalized spacial score (nSPS) is 13.3. The molecule has 4 nitrogen and oxygen atoms in total. The van der Waals surface area contributed by atoms with Crippen LogP contribution in [0.15, 0.2) is 11.1 Å². The molecule has 21 heavy (non-hydrogen) atoms. The Bertz CT molecular complexity index is 643. The summed E-state index contributed by atoms with van der Waals surface area (Å²) in [6.45, 7) is 0. The van der Waals surface area contributed by atoms with Crippen LogP contribution in [0, 0.1) is 0 Å². The third-order valence-electron chi connectivity index (χ3n) is 1.94. The van der Waals surface area contributed by atoms with Gasteiger partial charge in [0.25, 0.3) is 9.05 Å². The van der Waals surface area contributed by atoms with E-state index < -0.39 is 49.4 Å². The van der Waals surface area contributed by atoms with E-state index in [0.29, 0.717) is 6.20 Å². The van der Waals surface area contributed by atoms with E-state index in [4.69, 9.17) is 22.3 Å². The van der Waals surface area contributed by atoms with Crippen molar-refractivity contribution in [1.82, 2.24) is 4.98 Å². The fraction of sp³-hybridized carbons (Fsp3) is 0.375. The fourth-order valence-electron chi connectivity index (χ4n) is 1.29. The van der Waals surface area contributed by atoms with E-state index in [-0.39, 0.29) is 0 Å². The average Bonchev–Trinajstić information content (AvgIpc) is 2.22. The zero-order valence-corrected chi connectivity index (χ0v) is 11.7. The second kappa shape index (κ2) is 5.69. The van der Waals surface area contributed by atoms with Gasteiger partial charge in [0.05, 0.1) is 5.88 Å². The summed E-state index contributed by atoms with van der Waals surface area (Å²) in [6.07, 6.45) is -10.6. The van der Waals surface area contributed by atoms with Gasteiger partial charge in [-0.25, -0.2) is 13.4 Å². The van der Waals surface area contributed by atoms with Crippen molar-refractivity contribution in [2.45, 2.75) is 23.3 Å². The number of pyridine rings is 1. The van der Waals surface area contributed by atoms with Crippen LogP contribution in [0.25, 0.3) is 0 Å². The molecule has 0 aliphatic heterocycles. The highest BCUT2D eigenvalue weighted by atomic mass is 35.7. The van der Waals surface area contributed by atoms with Crippen LogP contribution < -0.4 is 4.74 Å². The van der Waals surface area contributed by atoms with E-state index in [1.54, 1.807) is 0 Å². The molecule has 1 aromatic rings. The monoisotopic (exact) mass is 377 g/mol. The maximum Gasteiger partial charge on any atom is 0.573 e. The second-order valence-electron chi connectivity index (χ2n) is 3.41. The summed E-state index contributed by atoms with van der Waals surface area (Å²) >= 11 is 5.27. The molecule has 0 saturated carbocycles. The molecule has 0 saturated heterocycles. The maximum atomic E-state index is 12.6. The summed E-state index contributed by atoms with van der Waals surface area (Å²) in [5.41, 5.74) is -2.85. The Balaban J connectivity index is 3.80. The summed E-state index contributed by atoms with van der Waals surface area (Å²) in [4.78, 5) is 1.19. The number of halogens is 8. The number of rotatable bonds is 3. The number of hydrogen-bond donors (Lipinski definition) is 0. The number of nitrogens with zero attached hydrogens (tertiary/aromatic N) is 1. The highest BCUT2D eigenvalue weighted by Gasteiger charge is 2.44. The van der Waals surface area contributed by atoms with E-state index in [0.717, 1.165) is 0 Å². The molecule has 0 amide bonds. The van der Waals surface area contributed by atoms with Crippen molar-refractivity contribution in [1.29, 1.82) is 0 Å². The second-order valence-corrected chi connectivity index (χ2v) is 6.18. The molecule has 0 bridgehead atoms. The Labute approximate surface area is 123 Å². The molecule has 120 valence electrons. The van der Waals surface area contributed by atoms with Gasteiger partial charge in [0, 0.05) is 22.4 Å². The molecule has 0 aliphatic rings. The molecule has 0 N–H and O–H groups in total. The highest BCUT2D eigenvalue weighted by molar-refractivity contribution is 8.13. The average molecular weight is 378 g/mol. The molecule has 0 radical (unpaired) electrons. The van der Waals surface area contributed by atoms with E-state index >= 15 is 0 Å². The van der Waals surface area contributed by atoms with Gasteiger partial charge in [0.2, 0.25) is 0 Å². The largest absolute Gasteiger partial charge is 0.573 e. The van der Waals surface area contributed by atoms with Gasteiger partial charge in [-0.3, -0.25) is 0 Å². The van der Waals surface area contributed by atoms with Gasteiger partial charge < -0.3 is 4.74 Å². The SMILES string of the molecule is O=S(=O)(Cl)c1c(CCl)cnc(C(F)(F)F)c1OC(F)(F)F. The first-order valence-electron chi connectivity index (χ1n) is 4.63. The Hall–Kier alpha value is -0.940. The summed E-state index contributed by atoms with van der Waals surface area (Å²) < 4.78 is 100. The Morgan fingerprint density at radius 1 is 1.19 bits per heavy atom. The molecule has 1 heterocycles. The number of ether oxygens (including phenoxy) is 1. The predicted molar refractivity (Wildman–Crippen MR) is 58.5 cm³/mol. The van der Waals surface area contributed by atoms with Crippen LogP contribution in [0.5, 0.6) is 5.75 Å². The van der Waals surface area contributed by atoms with Gasteiger partial charge in [0.15, 0.2) is 11.4 Å². The van der Waals surface area contributed by atoms with Gasteiger partial charge in [-0.05, 0) is 0 Å². The van der Waals surface area contributed by atoms with E-state index in [1.165, 1.54) is 0 Å². The molecule has 13 heteroatoms. The topological polar surface area (TPSA) is 56.3 Å². The summed E-state index contributed by atoms with van der Waals surface area (Å²) in [7, 11) is -0.139. The van der Waals surface area contributed by atoms with E-state index in [9.17, 15) is 34.8 Å². The lowest BCUT2D eigenvalue weighted by Gasteiger charge is -2.18. The van der Waals surface area contributed by atoms with Gasteiger partial charge in [-0.2, -0.15) is 13.2 Å². The maximum absolute atomic E-state index is 12.6. The van der Waals surface area contributed by atoms with Crippen molar-refractivity contribution in [3.8, 4) is 5.75 Å². The van der Waals surface area contributed by atoms with Crippen LogP contribution >= 0.6 is 22.3 Å². The molecule has 1 rings (SSSR count). The van der Waals surface area contributed by atoms with Crippen LogP contribution in [-0.4, -0.2) is 19.8 Å². The first-order valence-corrected chi connectivity index (χ1v) is 7.47. The molecule has 0 unspecified atom stereocenters. The summed E-state index contributed by atoms with van der Waals surface area (Å²) in [6, 6.07) is 0. The standard InChI is InChI=1S/C8H3Cl2F6NO3S/c9-1-3-2-17-6(7(11,12)13)4(20-8(14,15)16)5(3)21(10,18)19/h2H,1H2. The van der Waals surface area contributed by atoms with Crippen molar-refractivity contribution >= 4 is 31.3 Å². The lowest BCUT2D eigenvalue weighted by atomic mass is 10.2. The molecule has 0 atom stereocenters. The Morgan fingerprint density at radius 2 is 1.71 bits per heavy atom. The van der Waals surface area contributed by atoms with Gasteiger partial charge in [0.1, 0.15) is 4.90 Å². The summed E-state index contributed by atoms with van der Waals surface area (Å²) in [5.74, 6) is -2.82. The van der Waals surface area contributed by atoms with Crippen molar-refractivity contribution in [3.05, 3.63) is 17.5 Å². The zero-order valence-electron chi connectivity index (χ0n) is 9.39. The first-order chi connectivity index (χ1) is 9.27. The molecule has 0 aromatic carbocycles. The van der Waals surface area contributed by atoms with Gasteiger partial charge in [-0.1, -0.05) is 0 Å². The van der Waals surface area contributed by atoms with Crippen molar-refractivity contribution in [2.75, 3.05) is 0 Å². The van der Waals surface area contributed by atoms with Crippen molar-refractivity contribution in [2.24, 2.45) is 0 Å². The minimum Gasteiger partial charge on any atom is -0.402 e. The molecular formula is C8H3Cl2F6NO3S. The molecule has 0 fully saturated rings. The van der Waals surface area contributed by atoms with E-state index in [2.05, 4.69) is 9.72 Å². The lowest BCUT2D eigenvalue weighted by molar-refractivity contribution is -0.277. The molecule has 1 aromatic heterocycles. The van der Waals surface area contributed by atoms with Crippen LogP contribution in [0.1, 0.15) is 11.3 Å². The lowest BCUT2D eigenvalue weighted by Crippen LogP contribution is -2.23. The number of alkyl halides is 7. The predicted octanol–water partition coefficient (Wildman–Crippen LogP) is 3.67. The number of hydrogen-bond acceptors (Lipinski definition) is 4. The molecular weight excluding hydrogens is 375 g/mol. The highest BCUT2D eigenvalue weighted by Crippen LogP contribution is 2.43. The first kappa shape index (κ1) is 18.1. The Kier molecular flexibility index (Phi) is 4.91. The zero-order chi connectivity index (χ0) is 16.6. The molecule has 0 aliphatic carbocycles. The summed E-state index contributed by atoms with van der Waals surface area (Å²) in [5, 5.41) is 0.